The van der Waals surface area contributed by atoms with Crippen molar-refractivity contribution in [3.8, 4) is 11.8 Å². The second-order valence-corrected chi connectivity index (χ2v) is 8.22. The van der Waals surface area contributed by atoms with E-state index < -0.39 is 52.2 Å². The maximum Gasteiger partial charge on any atom is 0.422 e. The van der Waals surface area contributed by atoms with Crippen LogP contribution in [-0.2, 0) is 10.0 Å². The molecule has 0 atom stereocenters. The van der Waals surface area contributed by atoms with Gasteiger partial charge in [0.15, 0.2) is 13.2 Å². The molecule has 1 aromatic carbocycles. The number of alkyl halides is 6. The first-order valence-corrected chi connectivity index (χ1v) is 9.98. The van der Waals surface area contributed by atoms with Gasteiger partial charge in [-0.1, -0.05) is 15.9 Å². The van der Waals surface area contributed by atoms with E-state index in [2.05, 4.69) is 40.1 Å². The number of sulfonamides is 1. The Bertz CT molecular complexity index is 978. The molecule has 0 saturated carbocycles. The number of ether oxygens (including phenoxy) is 2. The van der Waals surface area contributed by atoms with Gasteiger partial charge in [0.25, 0.3) is 10.0 Å². The van der Waals surface area contributed by atoms with Gasteiger partial charge < -0.3 is 9.47 Å². The lowest BCUT2D eigenvalue weighted by Crippen LogP contribution is -2.24. The average molecular weight is 524 g/mol. The van der Waals surface area contributed by atoms with Crippen LogP contribution in [0.1, 0.15) is 5.56 Å². The van der Waals surface area contributed by atoms with Crippen LogP contribution < -0.4 is 14.2 Å². The quantitative estimate of drug-likeness (QED) is 0.546. The van der Waals surface area contributed by atoms with Gasteiger partial charge in [0.05, 0.1) is 5.69 Å². The Hall–Kier alpha value is -2.29. The van der Waals surface area contributed by atoms with Gasteiger partial charge in [0.2, 0.25) is 16.7 Å². The summed E-state index contributed by atoms with van der Waals surface area (Å²) in [7, 11) is -4.82. The molecule has 2 rings (SSSR count). The van der Waals surface area contributed by atoms with Crippen LogP contribution in [0.2, 0.25) is 0 Å². The largest absolute Gasteiger partial charge is 0.467 e. The number of nitrogens with one attached hydrogen (secondary N) is 1. The zero-order chi connectivity index (χ0) is 22.7. The normalized spacial score (nSPS) is 12.5. The predicted octanol–water partition coefficient (Wildman–Crippen LogP) is 4.23. The van der Waals surface area contributed by atoms with Crippen LogP contribution in [0.25, 0.3) is 0 Å². The Morgan fingerprint density at radius 3 is 1.93 bits per heavy atom. The second kappa shape index (κ2) is 8.83. The average Bonchev–Trinajstić information content (AvgIpc) is 2.59. The number of halogens is 7. The maximum atomic E-state index is 12.8. The predicted molar refractivity (Wildman–Crippen MR) is 94.8 cm³/mol. The number of nitrogens with zero attached hydrogens (tertiary/aromatic N) is 2. The lowest BCUT2D eigenvalue weighted by Gasteiger charge is -2.17. The smallest absolute Gasteiger partial charge is 0.422 e. The van der Waals surface area contributed by atoms with Gasteiger partial charge in [0.1, 0.15) is 6.33 Å². The molecule has 30 heavy (non-hydrogen) atoms. The number of aryl methyl sites for hydroxylation is 1. The second-order valence-electron chi connectivity index (χ2n) is 5.69. The van der Waals surface area contributed by atoms with Crippen LogP contribution in [0, 0.1) is 6.92 Å². The van der Waals surface area contributed by atoms with Crippen molar-refractivity contribution in [2.45, 2.75) is 24.2 Å². The number of benzene rings is 1. The van der Waals surface area contributed by atoms with Crippen molar-refractivity contribution < 1.29 is 44.2 Å². The fraction of sp³-hybridized carbons (Fsp3) is 0.333. The highest BCUT2D eigenvalue weighted by molar-refractivity contribution is 9.10. The molecule has 0 aliphatic rings. The molecule has 0 fully saturated rings. The lowest BCUT2D eigenvalue weighted by atomic mass is 10.2. The summed E-state index contributed by atoms with van der Waals surface area (Å²) in [5, 5.41) is 0. The summed E-state index contributed by atoms with van der Waals surface area (Å²) in [6.07, 6.45) is -9.22. The fourth-order valence-corrected chi connectivity index (χ4v) is 3.79. The van der Waals surface area contributed by atoms with Gasteiger partial charge in [-0.3, -0.25) is 4.72 Å². The number of hydrogen-bond acceptors (Lipinski definition) is 6. The topological polar surface area (TPSA) is 90.4 Å². The van der Waals surface area contributed by atoms with E-state index >= 15 is 0 Å². The molecule has 0 aliphatic heterocycles. The third kappa shape index (κ3) is 6.90. The van der Waals surface area contributed by atoms with E-state index in [-0.39, 0.29) is 5.69 Å². The molecule has 15 heteroatoms. The van der Waals surface area contributed by atoms with E-state index in [1.54, 1.807) is 0 Å². The first-order valence-electron chi connectivity index (χ1n) is 7.71. The molecule has 1 N–H and O–H groups in total. The zero-order valence-electron chi connectivity index (χ0n) is 14.8. The Morgan fingerprint density at radius 1 is 1.00 bits per heavy atom. The SMILES string of the molecule is Cc1cc(Br)ccc1NS(=O)(=O)c1c(OCC(F)(F)F)ncnc1OCC(F)(F)F. The van der Waals surface area contributed by atoms with Crippen LogP contribution in [0.15, 0.2) is 33.9 Å². The van der Waals surface area contributed by atoms with Crippen LogP contribution in [0.4, 0.5) is 32.0 Å². The Morgan fingerprint density at radius 2 is 1.50 bits per heavy atom. The molecule has 0 saturated heterocycles. The molecule has 1 heterocycles. The van der Waals surface area contributed by atoms with E-state index in [0.717, 1.165) is 0 Å². The monoisotopic (exact) mass is 523 g/mol. The van der Waals surface area contributed by atoms with Crippen LogP contribution in [0.3, 0.4) is 0 Å². The summed E-state index contributed by atoms with van der Waals surface area (Å²) in [5.41, 5.74) is 0.408. The molecule has 1 aromatic heterocycles. The minimum atomic E-state index is -4.87. The molecule has 0 spiro atoms. The molecule has 166 valence electrons. The summed E-state index contributed by atoms with van der Waals surface area (Å²) in [4.78, 5) is 5.41. The van der Waals surface area contributed by atoms with Crippen molar-refractivity contribution in [2.24, 2.45) is 0 Å². The molecule has 7 nitrogen and oxygen atoms in total. The summed E-state index contributed by atoms with van der Waals surface area (Å²) in [5.74, 6) is -2.25. The molecule has 0 bridgehead atoms. The highest BCUT2D eigenvalue weighted by Gasteiger charge is 2.35. The molecule has 0 unspecified atom stereocenters. The molecular formula is C15H12BrF6N3O4S. The zero-order valence-corrected chi connectivity index (χ0v) is 17.2. The van der Waals surface area contributed by atoms with Gasteiger partial charge >= 0.3 is 12.4 Å². The number of hydrogen-bond donors (Lipinski definition) is 1. The fourth-order valence-electron chi connectivity index (χ4n) is 2.02. The first kappa shape index (κ1) is 24.0. The minimum Gasteiger partial charge on any atom is -0.467 e. The van der Waals surface area contributed by atoms with Gasteiger partial charge in [-0.15, -0.1) is 0 Å². The maximum absolute atomic E-state index is 12.8. The van der Waals surface area contributed by atoms with Crippen molar-refractivity contribution in [1.82, 2.24) is 9.97 Å². The third-order valence-electron chi connectivity index (χ3n) is 3.19. The van der Waals surface area contributed by atoms with E-state index in [0.29, 0.717) is 16.4 Å². The summed E-state index contributed by atoms with van der Waals surface area (Å²) >= 11 is 3.17. The number of anilines is 1. The first-order chi connectivity index (χ1) is 13.7. The summed E-state index contributed by atoms with van der Waals surface area (Å²) in [6.45, 7) is -2.36. The van der Waals surface area contributed by atoms with E-state index in [1.165, 1.54) is 25.1 Å². The lowest BCUT2D eigenvalue weighted by molar-refractivity contribution is -0.155. The van der Waals surface area contributed by atoms with E-state index in [9.17, 15) is 34.8 Å². The van der Waals surface area contributed by atoms with Gasteiger partial charge in [0, 0.05) is 4.47 Å². The van der Waals surface area contributed by atoms with Crippen molar-refractivity contribution >= 4 is 31.6 Å². The molecular weight excluding hydrogens is 512 g/mol. The van der Waals surface area contributed by atoms with E-state index in [1.807, 2.05) is 0 Å². The van der Waals surface area contributed by atoms with Crippen molar-refractivity contribution in [3.63, 3.8) is 0 Å². The van der Waals surface area contributed by atoms with Gasteiger partial charge in [-0.2, -0.15) is 26.3 Å². The Kier molecular flexibility index (Phi) is 7.06. The van der Waals surface area contributed by atoms with Crippen molar-refractivity contribution in [1.29, 1.82) is 0 Å². The molecule has 0 amide bonds. The summed E-state index contributed by atoms with van der Waals surface area (Å²) in [6, 6.07) is 4.32. The van der Waals surface area contributed by atoms with Gasteiger partial charge in [-0.05, 0) is 30.7 Å². The van der Waals surface area contributed by atoms with Crippen LogP contribution in [-0.4, -0.2) is 44.0 Å². The van der Waals surface area contributed by atoms with Crippen molar-refractivity contribution in [2.75, 3.05) is 17.9 Å². The minimum absolute atomic E-state index is 0.00518. The molecule has 0 aliphatic carbocycles. The van der Waals surface area contributed by atoms with Gasteiger partial charge in [-0.25, -0.2) is 18.4 Å². The number of rotatable bonds is 7. The van der Waals surface area contributed by atoms with E-state index in [4.69, 9.17) is 0 Å². The molecule has 0 radical (unpaired) electrons. The standard InChI is InChI=1S/C15H12BrF6N3O4S/c1-8-4-9(16)2-3-10(8)25-30(26,27)11-12(28-5-14(17,18)19)23-7-24-13(11)29-6-15(20,21)22/h2-4,7,25H,5-6H2,1H3. The Labute approximate surface area is 174 Å². The summed E-state index contributed by atoms with van der Waals surface area (Å²) < 4.78 is 112. The highest BCUT2D eigenvalue weighted by atomic mass is 79.9. The Balaban J connectivity index is 2.51. The third-order valence-corrected chi connectivity index (χ3v) is 5.05. The van der Waals surface area contributed by atoms with Crippen LogP contribution in [0.5, 0.6) is 11.8 Å². The highest BCUT2D eigenvalue weighted by Crippen LogP contribution is 2.34. The number of aromatic nitrogens is 2. The van der Waals surface area contributed by atoms with Crippen molar-refractivity contribution in [3.05, 3.63) is 34.6 Å². The molecule has 2 aromatic rings. The van der Waals surface area contributed by atoms with Crippen LogP contribution >= 0.6 is 15.9 Å².